The molecule has 59 valence electrons. The van der Waals surface area contributed by atoms with Crippen LogP contribution in [0.25, 0.3) is 0 Å². The average Bonchev–Trinajstić information content (AvgIpc) is 1.98. The van der Waals surface area contributed by atoms with Crippen molar-refractivity contribution in [2.24, 2.45) is 0 Å². The lowest BCUT2D eigenvalue weighted by molar-refractivity contribution is -0.133. The molecular weight excluding hydrogens is 132 g/mol. The quantitative estimate of drug-likeness (QED) is 0.554. The van der Waals surface area contributed by atoms with Gasteiger partial charge >= 0.3 is 0 Å². The van der Waals surface area contributed by atoms with E-state index in [2.05, 4.69) is 11.7 Å². The maximum Gasteiger partial charge on any atom is 0.293 e. The van der Waals surface area contributed by atoms with Gasteiger partial charge in [0.15, 0.2) is 0 Å². The van der Waals surface area contributed by atoms with Gasteiger partial charge in [0, 0.05) is 6.61 Å². The minimum atomic E-state index is -0.121. The molecule has 3 nitrogen and oxygen atoms in total. The highest BCUT2D eigenvalue weighted by Gasteiger charge is 2.04. The molecule has 3 heteroatoms. The predicted octanol–water partition coefficient (Wildman–Crippen LogP) is 0.525. The minimum absolute atomic E-state index is 0.121. The molecule has 0 aliphatic carbocycles. The highest BCUT2D eigenvalue weighted by Crippen LogP contribution is 2.03. The van der Waals surface area contributed by atoms with Crippen LogP contribution in [0.4, 0.5) is 0 Å². The molecule has 0 aromatic carbocycles. The topological polar surface area (TPSA) is 46.5 Å². The van der Waals surface area contributed by atoms with Crippen LogP contribution in [0.5, 0.6) is 0 Å². The molecule has 1 atom stereocenters. The maximum atomic E-state index is 9.82. The van der Waals surface area contributed by atoms with Gasteiger partial charge in [0.1, 0.15) is 6.10 Å². The van der Waals surface area contributed by atoms with E-state index in [1.54, 1.807) is 0 Å². The number of hydrogen-bond acceptors (Lipinski definition) is 3. The second-order valence-corrected chi connectivity index (χ2v) is 2.01. The van der Waals surface area contributed by atoms with Crippen molar-refractivity contribution in [3.05, 3.63) is 6.92 Å². The van der Waals surface area contributed by atoms with Gasteiger partial charge in [-0.1, -0.05) is 0 Å². The molecular formula is C7H13O3. The lowest BCUT2D eigenvalue weighted by atomic mass is 10.1. The van der Waals surface area contributed by atoms with Crippen LogP contribution in [0.3, 0.4) is 0 Å². The Morgan fingerprint density at radius 3 is 2.80 bits per heavy atom. The van der Waals surface area contributed by atoms with Crippen molar-refractivity contribution in [3.63, 3.8) is 0 Å². The summed E-state index contributed by atoms with van der Waals surface area (Å²) < 4.78 is 4.64. The van der Waals surface area contributed by atoms with Gasteiger partial charge in [0.25, 0.3) is 6.47 Å². The van der Waals surface area contributed by atoms with Gasteiger partial charge in [0.05, 0.1) is 0 Å². The Morgan fingerprint density at radius 2 is 2.40 bits per heavy atom. The normalized spacial score (nSPS) is 12.6. The smallest absolute Gasteiger partial charge is 0.293 e. The van der Waals surface area contributed by atoms with Crippen molar-refractivity contribution < 1.29 is 14.6 Å². The van der Waals surface area contributed by atoms with Crippen molar-refractivity contribution in [1.29, 1.82) is 0 Å². The molecule has 1 N–H and O–H groups in total. The van der Waals surface area contributed by atoms with Crippen LogP contribution in [0, 0.1) is 6.92 Å². The number of ether oxygens (including phenoxy) is 1. The third-order valence-corrected chi connectivity index (χ3v) is 1.25. The second kappa shape index (κ2) is 6.55. The fourth-order valence-corrected chi connectivity index (χ4v) is 0.678. The minimum Gasteiger partial charge on any atom is -0.465 e. The number of aliphatic hydroxyl groups excluding tert-OH is 1. The maximum absolute atomic E-state index is 9.82. The van der Waals surface area contributed by atoms with E-state index in [0.29, 0.717) is 25.7 Å². The van der Waals surface area contributed by atoms with E-state index in [-0.39, 0.29) is 12.7 Å². The van der Waals surface area contributed by atoms with Crippen molar-refractivity contribution in [2.75, 3.05) is 6.61 Å². The van der Waals surface area contributed by atoms with E-state index in [9.17, 15) is 4.79 Å². The van der Waals surface area contributed by atoms with Crippen molar-refractivity contribution in [3.8, 4) is 0 Å². The largest absolute Gasteiger partial charge is 0.465 e. The third kappa shape index (κ3) is 4.32. The van der Waals surface area contributed by atoms with Gasteiger partial charge < -0.3 is 9.84 Å². The number of carbonyl (C=O) groups excluding carboxylic acids is 1. The molecule has 0 aliphatic heterocycles. The summed E-state index contributed by atoms with van der Waals surface area (Å²) in [5.41, 5.74) is 0. The average molecular weight is 145 g/mol. The Kier molecular flexibility index (Phi) is 6.18. The molecule has 0 saturated carbocycles. The van der Waals surface area contributed by atoms with Crippen LogP contribution in [-0.4, -0.2) is 24.3 Å². The fourth-order valence-electron chi connectivity index (χ4n) is 0.678. The first kappa shape index (κ1) is 9.43. The summed E-state index contributed by atoms with van der Waals surface area (Å²) >= 11 is 0. The Bertz CT molecular complexity index is 82.9. The van der Waals surface area contributed by atoms with E-state index >= 15 is 0 Å². The first-order chi connectivity index (χ1) is 4.85. The highest BCUT2D eigenvalue weighted by atomic mass is 16.5. The number of aliphatic hydroxyl groups is 1. The number of rotatable bonds is 6. The lowest BCUT2D eigenvalue weighted by Crippen LogP contribution is -2.10. The van der Waals surface area contributed by atoms with E-state index in [4.69, 9.17) is 5.11 Å². The SMILES string of the molecule is [CH2]CC(CCCO)OC=O. The van der Waals surface area contributed by atoms with Gasteiger partial charge in [-0.3, -0.25) is 4.79 Å². The van der Waals surface area contributed by atoms with Gasteiger partial charge in [0.2, 0.25) is 0 Å². The van der Waals surface area contributed by atoms with Crippen molar-refractivity contribution in [2.45, 2.75) is 25.4 Å². The second-order valence-electron chi connectivity index (χ2n) is 2.01. The van der Waals surface area contributed by atoms with Crippen LogP contribution in [0.2, 0.25) is 0 Å². The predicted molar refractivity (Wildman–Crippen MR) is 37.2 cm³/mol. The molecule has 0 saturated heterocycles. The summed E-state index contributed by atoms with van der Waals surface area (Å²) in [6.07, 6.45) is 1.80. The van der Waals surface area contributed by atoms with Gasteiger partial charge in [-0.15, -0.1) is 0 Å². The summed E-state index contributed by atoms with van der Waals surface area (Å²) in [5, 5.41) is 8.41. The summed E-state index contributed by atoms with van der Waals surface area (Å²) in [4.78, 5) is 9.82. The Morgan fingerprint density at radius 1 is 1.70 bits per heavy atom. The highest BCUT2D eigenvalue weighted by molar-refractivity contribution is 5.37. The summed E-state index contributed by atoms with van der Waals surface area (Å²) in [6, 6.07) is 0. The summed E-state index contributed by atoms with van der Waals surface area (Å²) in [7, 11) is 0. The zero-order valence-electron chi connectivity index (χ0n) is 5.95. The van der Waals surface area contributed by atoms with Gasteiger partial charge in [-0.05, 0) is 26.2 Å². The van der Waals surface area contributed by atoms with Crippen molar-refractivity contribution >= 4 is 6.47 Å². The molecule has 0 amide bonds. The Balaban J connectivity index is 3.29. The molecule has 0 heterocycles. The van der Waals surface area contributed by atoms with Gasteiger partial charge in [-0.25, -0.2) is 0 Å². The van der Waals surface area contributed by atoms with Crippen LogP contribution in [0.1, 0.15) is 19.3 Å². The van der Waals surface area contributed by atoms with Crippen LogP contribution < -0.4 is 0 Å². The Hall–Kier alpha value is -0.570. The van der Waals surface area contributed by atoms with E-state index in [1.165, 1.54) is 0 Å². The van der Waals surface area contributed by atoms with Crippen LogP contribution >= 0.6 is 0 Å². The zero-order chi connectivity index (χ0) is 7.82. The first-order valence-electron chi connectivity index (χ1n) is 3.34. The Labute approximate surface area is 61.0 Å². The molecule has 10 heavy (non-hydrogen) atoms. The van der Waals surface area contributed by atoms with Crippen LogP contribution in [-0.2, 0) is 9.53 Å². The standard InChI is InChI=1S/C7H13O3/c1-2-7(10-6-9)4-3-5-8/h6-8H,1-5H2. The molecule has 0 aromatic heterocycles. The molecule has 0 aromatic rings. The molecule has 0 spiro atoms. The number of carbonyl (C=O) groups is 1. The van der Waals surface area contributed by atoms with Crippen molar-refractivity contribution in [1.82, 2.24) is 0 Å². The molecule has 0 aliphatic rings. The molecule has 0 fully saturated rings. The molecule has 1 radical (unpaired) electrons. The summed E-state index contributed by atoms with van der Waals surface area (Å²) in [5.74, 6) is 0. The molecule has 0 rings (SSSR count). The summed E-state index contributed by atoms with van der Waals surface area (Å²) in [6.45, 7) is 4.15. The van der Waals surface area contributed by atoms with E-state index < -0.39 is 0 Å². The van der Waals surface area contributed by atoms with E-state index in [0.717, 1.165) is 0 Å². The van der Waals surface area contributed by atoms with Gasteiger partial charge in [-0.2, -0.15) is 0 Å². The zero-order valence-corrected chi connectivity index (χ0v) is 5.95. The fraction of sp³-hybridized carbons (Fsp3) is 0.714. The lowest BCUT2D eigenvalue weighted by Gasteiger charge is -2.10. The molecule has 1 unspecified atom stereocenters. The number of hydrogen-bond donors (Lipinski definition) is 1. The molecule has 0 bridgehead atoms. The van der Waals surface area contributed by atoms with Crippen LogP contribution in [0.15, 0.2) is 0 Å². The van der Waals surface area contributed by atoms with E-state index in [1.807, 2.05) is 0 Å². The monoisotopic (exact) mass is 145 g/mol. The first-order valence-corrected chi connectivity index (χ1v) is 3.34. The third-order valence-electron chi connectivity index (χ3n) is 1.25.